The summed E-state index contributed by atoms with van der Waals surface area (Å²) in [7, 11) is -4.02. The van der Waals surface area contributed by atoms with E-state index in [4.69, 9.17) is 14.5 Å². The van der Waals surface area contributed by atoms with Crippen LogP contribution >= 0.6 is 23.5 Å². The molecule has 0 aliphatic heterocycles. The Hall–Kier alpha value is 0.330. The molecule has 0 saturated carbocycles. The summed E-state index contributed by atoms with van der Waals surface area (Å²) in [5.41, 5.74) is 0. The van der Waals surface area contributed by atoms with Crippen molar-refractivity contribution >= 4 is 23.5 Å². The van der Waals surface area contributed by atoms with E-state index in [1.807, 2.05) is 0 Å². The Kier molecular flexibility index (Phi) is 4.66. The summed E-state index contributed by atoms with van der Waals surface area (Å²) in [5.74, 6) is 0.825. The van der Waals surface area contributed by atoms with E-state index in [-0.39, 0.29) is 6.61 Å². The first kappa shape index (κ1) is 12.3. The van der Waals surface area contributed by atoms with Gasteiger partial charge in [-0.15, -0.1) is 0 Å². The molecule has 2 N–H and O–H groups in total. The quantitative estimate of drug-likeness (QED) is 0.597. The Morgan fingerprint density at radius 3 is 2.42 bits per heavy atom. The third-order valence-electron chi connectivity index (χ3n) is 0.822. The van der Waals surface area contributed by atoms with Gasteiger partial charge in [0.05, 0.1) is 6.61 Å². The zero-order valence-electron chi connectivity index (χ0n) is 6.90. The summed E-state index contributed by atoms with van der Waals surface area (Å²) in [6, 6.07) is 0. The molecule has 0 atom stereocenters. The Morgan fingerprint density at radius 2 is 2.08 bits per heavy atom. The monoisotopic (exact) mass is 258 g/mol. The van der Waals surface area contributed by atoms with Crippen molar-refractivity contribution in [3.63, 3.8) is 0 Å². The molecule has 0 spiro atoms. The molecular weight excluding hydrogens is 247 g/mol. The topological polar surface area (TPSA) is 66.8 Å². The number of alkyl halides is 1. The van der Waals surface area contributed by atoms with E-state index < -0.39 is 12.1 Å². The molecule has 0 aliphatic rings. The van der Waals surface area contributed by atoms with E-state index in [1.165, 1.54) is 6.08 Å². The molecule has 0 bridgehead atoms. The second-order valence-corrected chi connectivity index (χ2v) is 6.03. The lowest BCUT2D eigenvalue weighted by atomic mass is 10.5. The van der Waals surface area contributed by atoms with Crippen molar-refractivity contribution in [3.8, 4) is 0 Å². The van der Waals surface area contributed by atoms with Gasteiger partial charge >= 0.3 is 7.60 Å². The molecular formula is C6H12BrO4P. The first-order valence-corrected chi connectivity index (χ1v) is 5.74. The maximum absolute atomic E-state index is 10.3. The molecule has 0 aliphatic carbocycles. The van der Waals surface area contributed by atoms with Crippen molar-refractivity contribution < 1.29 is 19.1 Å². The fourth-order valence-electron chi connectivity index (χ4n) is 0.427. The van der Waals surface area contributed by atoms with E-state index in [2.05, 4.69) is 15.9 Å². The van der Waals surface area contributed by atoms with Crippen molar-refractivity contribution in [1.29, 1.82) is 0 Å². The van der Waals surface area contributed by atoms with E-state index in [1.54, 1.807) is 13.8 Å². The molecule has 4 nitrogen and oxygen atoms in total. The third-order valence-corrected chi connectivity index (χ3v) is 1.65. The van der Waals surface area contributed by atoms with Crippen LogP contribution in [0.25, 0.3) is 0 Å². The van der Waals surface area contributed by atoms with Crippen LogP contribution < -0.4 is 0 Å². The smallest absolute Gasteiger partial charge is 0.348 e. The zero-order valence-corrected chi connectivity index (χ0v) is 9.38. The molecule has 0 aromatic carbocycles. The standard InChI is InChI=1S/C6H12BrO4P/c1-6(2,7)11-4-3-5-12(8,9)10/h3,5H,4H2,1-2H3,(H2,8,9,10)/b5-3+. The lowest BCUT2D eigenvalue weighted by Gasteiger charge is -2.15. The number of hydrogen-bond acceptors (Lipinski definition) is 2. The molecule has 0 heterocycles. The van der Waals surface area contributed by atoms with Gasteiger partial charge in [0.2, 0.25) is 0 Å². The molecule has 6 heteroatoms. The van der Waals surface area contributed by atoms with Gasteiger partial charge in [-0.05, 0) is 13.8 Å². The van der Waals surface area contributed by atoms with Crippen molar-refractivity contribution in [3.05, 3.63) is 11.9 Å². The highest BCUT2D eigenvalue weighted by Crippen LogP contribution is 2.35. The summed E-state index contributed by atoms with van der Waals surface area (Å²) < 4.78 is 14.9. The van der Waals surface area contributed by atoms with Crippen molar-refractivity contribution in [2.24, 2.45) is 0 Å². The Morgan fingerprint density at radius 1 is 1.58 bits per heavy atom. The maximum atomic E-state index is 10.3. The van der Waals surface area contributed by atoms with Crippen LogP contribution in [-0.2, 0) is 9.30 Å². The van der Waals surface area contributed by atoms with Crippen LogP contribution in [-0.4, -0.2) is 20.9 Å². The number of rotatable bonds is 4. The van der Waals surface area contributed by atoms with Crippen molar-refractivity contribution in [1.82, 2.24) is 0 Å². The van der Waals surface area contributed by atoms with Crippen LogP contribution in [0.2, 0.25) is 0 Å². The Bertz CT molecular complexity index is 202. The summed E-state index contributed by atoms with van der Waals surface area (Å²) in [4.78, 5) is 16.8. The highest BCUT2D eigenvalue weighted by Gasteiger charge is 2.11. The fourth-order valence-corrected chi connectivity index (χ4v) is 0.919. The summed E-state index contributed by atoms with van der Waals surface area (Å²) in [6.07, 6.45) is 1.30. The second kappa shape index (κ2) is 4.53. The average Bonchev–Trinajstić information content (AvgIpc) is 1.76. The molecule has 0 radical (unpaired) electrons. The molecule has 0 aromatic rings. The van der Waals surface area contributed by atoms with E-state index in [0.29, 0.717) is 0 Å². The molecule has 0 aromatic heterocycles. The first-order valence-electron chi connectivity index (χ1n) is 3.26. The molecule has 12 heavy (non-hydrogen) atoms. The Labute approximate surface area is 79.9 Å². The van der Waals surface area contributed by atoms with Crippen LogP contribution in [0.1, 0.15) is 13.8 Å². The van der Waals surface area contributed by atoms with Gasteiger partial charge in [-0.25, -0.2) is 0 Å². The molecule has 0 unspecified atom stereocenters. The minimum absolute atomic E-state index is 0.170. The zero-order chi connectivity index (χ0) is 9.83. The van der Waals surface area contributed by atoms with Crippen LogP contribution in [0.4, 0.5) is 0 Å². The minimum atomic E-state index is -4.02. The van der Waals surface area contributed by atoms with Gasteiger partial charge in [0.1, 0.15) is 4.51 Å². The predicted molar refractivity (Wildman–Crippen MR) is 50.1 cm³/mol. The van der Waals surface area contributed by atoms with Gasteiger partial charge in [0.25, 0.3) is 0 Å². The van der Waals surface area contributed by atoms with Gasteiger partial charge in [0.15, 0.2) is 0 Å². The normalized spacial score (nSPS) is 14.1. The second-order valence-electron chi connectivity index (χ2n) is 2.65. The van der Waals surface area contributed by atoms with Gasteiger partial charge < -0.3 is 14.5 Å². The Balaban J connectivity index is 3.72. The highest BCUT2D eigenvalue weighted by atomic mass is 79.9. The van der Waals surface area contributed by atoms with Gasteiger partial charge in [-0.3, -0.25) is 4.57 Å². The number of ether oxygens (including phenoxy) is 1. The fraction of sp³-hybridized carbons (Fsp3) is 0.667. The molecule has 0 fully saturated rings. The van der Waals surface area contributed by atoms with Crippen molar-refractivity contribution in [2.45, 2.75) is 18.4 Å². The molecule has 0 saturated heterocycles. The average molecular weight is 259 g/mol. The lowest BCUT2D eigenvalue weighted by molar-refractivity contribution is 0.0801. The van der Waals surface area contributed by atoms with Crippen LogP contribution in [0.15, 0.2) is 11.9 Å². The van der Waals surface area contributed by atoms with E-state index >= 15 is 0 Å². The molecule has 72 valence electrons. The first-order chi connectivity index (χ1) is 5.21. The maximum Gasteiger partial charge on any atom is 0.348 e. The molecule has 0 rings (SSSR count). The largest absolute Gasteiger partial charge is 0.360 e. The third kappa shape index (κ3) is 10.3. The summed E-state index contributed by atoms with van der Waals surface area (Å²) in [5, 5.41) is 0. The number of hydrogen-bond donors (Lipinski definition) is 2. The number of halogens is 1. The minimum Gasteiger partial charge on any atom is -0.360 e. The summed E-state index contributed by atoms with van der Waals surface area (Å²) in [6.45, 7) is 3.75. The van der Waals surface area contributed by atoms with Gasteiger partial charge in [0, 0.05) is 5.82 Å². The van der Waals surface area contributed by atoms with Crippen molar-refractivity contribution in [2.75, 3.05) is 6.61 Å². The molecule has 0 amide bonds. The van der Waals surface area contributed by atoms with Crippen LogP contribution in [0.5, 0.6) is 0 Å². The van der Waals surface area contributed by atoms with E-state index in [9.17, 15) is 4.57 Å². The lowest BCUT2D eigenvalue weighted by Crippen LogP contribution is -2.14. The SMILES string of the molecule is CC(C)(Br)OC/C=C/P(=O)(O)O. The van der Waals surface area contributed by atoms with Gasteiger partial charge in [-0.2, -0.15) is 0 Å². The summed E-state index contributed by atoms with van der Waals surface area (Å²) >= 11 is 3.21. The van der Waals surface area contributed by atoms with Gasteiger partial charge in [-0.1, -0.05) is 22.0 Å². The van der Waals surface area contributed by atoms with E-state index in [0.717, 1.165) is 5.82 Å². The van der Waals surface area contributed by atoms with Crippen LogP contribution in [0, 0.1) is 0 Å². The van der Waals surface area contributed by atoms with Crippen LogP contribution in [0.3, 0.4) is 0 Å². The highest BCUT2D eigenvalue weighted by molar-refractivity contribution is 9.10. The predicted octanol–water partition coefficient (Wildman–Crippen LogP) is 1.83.